The minimum Gasteiger partial charge on any atom is -0.508 e. The van der Waals surface area contributed by atoms with Crippen LogP contribution in [0.3, 0.4) is 0 Å². The fourth-order valence-electron chi connectivity index (χ4n) is 9.03. The number of rotatable bonds is 20. The number of carbonyl (C=O) groups excluding carboxylic acids is 4. The molecule has 1 heterocycles. The molecule has 6 rings (SSSR count). The van der Waals surface area contributed by atoms with Gasteiger partial charge in [0.25, 0.3) is 11.8 Å². The molecule has 2 unspecified atom stereocenters. The van der Waals surface area contributed by atoms with E-state index >= 15 is 0 Å². The molecule has 0 saturated carbocycles. The second-order valence-corrected chi connectivity index (χ2v) is 24.6. The van der Waals surface area contributed by atoms with Crippen LogP contribution in [0.2, 0.25) is 0 Å². The van der Waals surface area contributed by atoms with Crippen molar-refractivity contribution in [2.24, 2.45) is 21.1 Å². The summed E-state index contributed by atoms with van der Waals surface area (Å²) in [6.45, 7) is 27.2. The summed E-state index contributed by atoms with van der Waals surface area (Å²) in [6.07, 6.45) is 4.71. The van der Waals surface area contributed by atoms with Crippen LogP contribution in [0.1, 0.15) is 148 Å². The number of unbranched alkanes of at least 4 members (excludes halogenated alkanes) is 2. The van der Waals surface area contributed by atoms with Crippen LogP contribution in [0.5, 0.6) is 5.75 Å². The van der Waals surface area contributed by atoms with Crippen molar-refractivity contribution in [3.05, 3.63) is 130 Å². The van der Waals surface area contributed by atoms with Gasteiger partial charge in [0.15, 0.2) is 17.0 Å². The third kappa shape index (κ3) is 18.6. The highest BCUT2D eigenvalue weighted by atomic mass is 16.3. The molecule has 1 aliphatic carbocycles. The minimum atomic E-state index is -0.422. The molecule has 78 heavy (non-hydrogen) atoms. The predicted molar refractivity (Wildman–Crippen MR) is 317 cm³/mol. The molecule has 0 aromatic heterocycles. The normalized spacial score (nSPS) is 13.0. The number of nitrogens with one attached hydrogen (secondary N) is 4. The van der Waals surface area contributed by atoms with Gasteiger partial charge in [-0.2, -0.15) is 10.2 Å². The van der Waals surface area contributed by atoms with Gasteiger partial charge in [0.1, 0.15) is 17.1 Å². The van der Waals surface area contributed by atoms with Gasteiger partial charge in [0.2, 0.25) is 0 Å². The number of hydrogen-bond donors (Lipinski definition) is 5. The SMILES string of the molecule is CN(C)c1ccc(N=Nc2ccc(C(=O)NCCCCC(NC(C)(C)C)C(=O)C(C)(C)C)cc2)cc1.Cc1cc(C(=O)NCCCCC(NC(C)(C)C)C(=O)C(C)(C)C)ccc1-c1c2ccc(=O)cc-2oc2cc(O)ccc12. The molecule has 2 aliphatic rings. The van der Waals surface area contributed by atoms with Crippen LogP contribution in [-0.4, -0.2) is 78.8 Å². The Hall–Kier alpha value is -7.03. The maximum atomic E-state index is 13.0. The van der Waals surface area contributed by atoms with Crippen molar-refractivity contribution >= 4 is 51.4 Å². The number of amides is 2. The van der Waals surface area contributed by atoms with Crippen LogP contribution in [0, 0.1) is 17.8 Å². The van der Waals surface area contributed by atoms with Gasteiger partial charge in [-0.1, -0.05) is 47.6 Å². The van der Waals surface area contributed by atoms with Gasteiger partial charge in [-0.25, -0.2) is 0 Å². The van der Waals surface area contributed by atoms with Crippen LogP contribution < -0.4 is 31.6 Å². The highest BCUT2D eigenvalue weighted by Crippen LogP contribution is 2.42. The van der Waals surface area contributed by atoms with E-state index < -0.39 is 5.41 Å². The van der Waals surface area contributed by atoms with Gasteiger partial charge in [-0.15, -0.1) is 0 Å². The Morgan fingerprint density at radius 2 is 1.05 bits per heavy atom. The molecule has 14 heteroatoms. The fraction of sp³-hybridized carbons (Fsp3) is 0.453. The van der Waals surface area contributed by atoms with Crippen molar-refractivity contribution in [1.82, 2.24) is 21.3 Å². The maximum absolute atomic E-state index is 13.0. The average Bonchev–Trinajstić information content (AvgIpc) is 3.35. The lowest BCUT2D eigenvalue weighted by Crippen LogP contribution is -2.50. The summed E-state index contributed by atoms with van der Waals surface area (Å²) in [7, 11) is 3.98. The zero-order chi connectivity index (χ0) is 57.8. The van der Waals surface area contributed by atoms with Crippen molar-refractivity contribution in [2.75, 3.05) is 32.1 Å². The molecule has 0 bridgehead atoms. The van der Waals surface area contributed by atoms with Crippen LogP contribution in [0.25, 0.3) is 33.4 Å². The molecular formula is C64H85N7O7. The first-order valence-corrected chi connectivity index (χ1v) is 27.2. The number of hydrogen-bond acceptors (Lipinski definition) is 12. The number of benzene rings is 5. The Labute approximate surface area is 462 Å². The number of Topliss-reactive ketones (excluding diaryl/α,β-unsaturated/α-hetero) is 2. The van der Waals surface area contributed by atoms with E-state index in [0.717, 1.165) is 71.1 Å². The number of aryl methyl sites for hydroxylation is 1. The molecule has 418 valence electrons. The Bertz CT molecular complexity index is 3060. The lowest BCUT2D eigenvalue weighted by Gasteiger charge is -2.32. The fourth-order valence-corrected chi connectivity index (χ4v) is 9.03. The van der Waals surface area contributed by atoms with Crippen LogP contribution in [0.15, 0.2) is 123 Å². The summed E-state index contributed by atoms with van der Waals surface area (Å²) in [5.41, 5.74) is 6.33. The van der Waals surface area contributed by atoms with Gasteiger partial charge < -0.3 is 35.7 Å². The van der Waals surface area contributed by atoms with E-state index in [1.807, 2.05) is 104 Å². The topological polar surface area (TPSA) is 195 Å². The van der Waals surface area contributed by atoms with E-state index in [0.29, 0.717) is 47.7 Å². The molecule has 0 fully saturated rings. The monoisotopic (exact) mass is 1060 g/mol. The number of azo groups is 1. The standard InChI is InChI=1S/C35H42N2O5.C29H43N5O2/c1-21-18-22(33(41)36-17-9-8-10-28(37-35(5,6)7)32(40)34(2,3)4)11-14-25(21)31-26-15-12-23(38)19-29(26)42-30-20-24(39)13-16-27(30)31;1-28(2,3)26(35)25(31-29(4,5)6)11-9-10-20-30-27(36)21-12-14-22(15-13-21)32-33-23-16-18-24(19-17-23)34(7)8/h11-16,18-20,28,37-38H,8-10,17H2,1-7H3,(H,36,41);12-19,25,31H,9-11,20H2,1-8H3,(H,30,36). The lowest BCUT2D eigenvalue weighted by molar-refractivity contribution is -0.129. The largest absolute Gasteiger partial charge is 0.508 e. The van der Waals surface area contributed by atoms with Crippen LogP contribution >= 0.6 is 0 Å². The summed E-state index contributed by atoms with van der Waals surface area (Å²) < 4.78 is 5.96. The van der Waals surface area contributed by atoms with E-state index in [2.05, 4.69) is 73.0 Å². The zero-order valence-corrected chi connectivity index (χ0v) is 48.9. The number of fused-ring (bicyclic) bond motifs is 2. The minimum absolute atomic E-state index is 0.0698. The van der Waals surface area contributed by atoms with Crippen LogP contribution in [0.4, 0.5) is 17.1 Å². The summed E-state index contributed by atoms with van der Waals surface area (Å²) in [5.74, 6) is 0.659. The van der Waals surface area contributed by atoms with Crippen LogP contribution in [-0.2, 0) is 9.59 Å². The van der Waals surface area contributed by atoms with Gasteiger partial charge in [0, 0.05) is 94.6 Å². The quantitative estimate of drug-likeness (QED) is 0.0279. The van der Waals surface area contributed by atoms with E-state index in [-0.39, 0.29) is 63.1 Å². The molecule has 0 saturated heterocycles. The molecule has 2 amide bonds. The summed E-state index contributed by atoms with van der Waals surface area (Å²) >= 11 is 0. The van der Waals surface area contributed by atoms with Gasteiger partial charge in [0.05, 0.1) is 23.5 Å². The van der Waals surface area contributed by atoms with Gasteiger partial charge in [-0.3, -0.25) is 24.0 Å². The first-order valence-electron chi connectivity index (χ1n) is 27.2. The van der Waals surface area contributed by atoms with E-state index in [4.69, 9.17) is 4.42 Å². The number of ketones is 2. The highest BCUT2D eigenvalue weighted by Gasteiger charge is 2.33. The number of phenolic OH excluding ortho intramolecular Hbond substituents is 1. The molecule has 5 N–H and O–H groups in total. The second-order valence-electron chi connectivity index (χ2n) is 24.6. The van der Waals surface area contributed by atoms with Crippen molar-refractivity contribution < 1.29 is 28.7 Å². The first-order chi connectivity index (χ1) is 36.4. The lowest BCUT2D eigenvalue weighted by atomic mass is 9.84. The smallest absolute Gasteiger partial charge is 0.251 e. The van der Waals surface area contributed by atoms with Crippen molar-refractivity contribution in [1.29, 1.82) is 0 Å². The number of phenols is 1. The van der Waals surface area contributed by atoms with Gasteiger partial charge >= 0.3 is 0 Å². The molecule has 2 atom stereocenters. The number of aromatic hydroxyl groups is 1. The zero-order valence-electron chi connectivity index (χ0n) is 48.9. The third-order valence-electron chi connectivity index (χ3n) is 12.9. The van der Waals surface area contributed by atoms with Crippen molar-refractivity contribution in [3.8, 4) is 28.2 Å². The van der Waals surface area contributed by atoms with Gasteiger partial charge in [-0.05, 0) is 183 Å². The molecule has 0 radical (unpaired) electrons. The average molecular weight is 1060 g/mol. The Kier molecular flexibility index (Phi) is 21.0. The summed E-state index contributed by atoms with van der Waals surface area (Å²) in [5, 5.41) is 32.3. The molecular weight excluding hydrogens is 979 g/mol. The van der Waals surface area contributed by atoms with E-state index in [1.54, 1.807) is 48.5 Å². The van der Waals surface area contributed by atoms with E-state index in [1.165, 1.54) is 18.2 Å². The highest BCUT2D eigenvalue weighted by molar-refractivity contribution is 6.04. The molecule has 0 spiro atoms. The third-order valence-corrected chi connectivity index (χ3v) is 12.9. The molecule has 14 nitrogen and oxygen atoms in total. The molecule has 4 aromatic carbocycles. The summed E-state index contributed by atoms with van der Waals surface area (Å²) in [4.78, 5) is 65.4. The predicted octanol–water partition coefficient (Wildman–Crippen LogP) is 13.3. The number of anilines is 1. The first kappa shape index (κ1) is 61.8. The number of nitrogens with zero attached hydrogens (tertiary/aromatic N) is 3. The van der Waals surface area contributed by atoms with Crippen molar-refractivity contribution in [3.63, 3.8) is 0 Å². The number of carbonyl (C=O) groups is 4. The molecule has 1 aliphatic heterocycles. The maximum Gasteiger partial charge on any atom is 0.251 e. The Morgan fingerprint density at radius 3 is 1.53 bits per heavy atom. The molecule has 4 aromatic rings. The van der Waals surface area contributed by atoms with Crippen molar-refractivity contribution in [2.45, 2.75) is 152 Å². The Balaban J connectivity index is 0.000000291. The summed E-state index contributed by atoms with van der Waals surface area (Å²) in [6, 6.07) is 29.7. The van der Waals surface area contributed by atoms with E-state index in [9.17, 15) is 29.1 Å². The second kappa shape index (κ2) is 26.5. The Morgan fingerprint density at radius 1 is 0.577 bits per heavy atom.